The average molecular weight is 929 g/mol. The Balaban J connectivity index is 0.000000883. The van der Waals surface area contributed by atoms with Crippen LogP contribution in [0.5, 0.6) is 0 Å². The number of hydrogen-bond acceptors (Lipinski definition) is 9. The minimum absolute atomic E-state index is 0.0365. The number of carbonyl (C=O) groups excluding carboxylic acids is 3. The lowest BCUT2D eigenvalue weighted by Gasteiger charge is -2.43. The molecule has 0 saturated carbocycles. The molecule has 15 nitrogen and oxygen atoms in total. The number of carbonyl (C=O) groups is 4. The molecule has 358 valence electrons. The normalized spacial score (nSPS) is 17.5. The smallest absolute Gasteiger partial charge is 0.475 e. The van der Waals surface area contributed by atoms with E-state index in [-0.39, 0.29) is 36.1 Å². The van der Waals surface area contributed by atoms with Crippen molar-refractivity contribution < 1.29 is 42.2 Å². The molecule has 3 N–H and O–H groups in total. The molecule has 3 saturated heterocycles. The Labute approximate surface area is 386 Å². The molecule has 1 atom stereocenters. The van der Waals surface area contributed by atoms with E-state index in [4.69, 9.17) is 19.7 Å². The molecule has 0 aliphatic carbocycles. The number of likely N-dealkylation sites (tertiary alicyclic amines) is 2. The molecule has 3 amide bonds. The lowest BCUT2D eigenvalue weighted by atomic mass is 9.85. The van der Waals surface area contributed by atoms with Gasteiger partial charge in [0.25, 0.3) is 5.56 Å². The summed E-state index contributed by atoms with van der Waals surface area (Å²) in [4.78, 5) is 75.3. The van der Waals surface area contributed by atoms with Crippen LogP contribution in [0.2, 0.25) is 0 Å². The molecule has 67 heavy (non-hydrogen) atoms. The summed E-state index contributed by atoms with van der Waals surface area (Å²) in [6.07, 6.45) is 0.682. The van der Waals surface area contributed by atoms with Crippen LogP contribution in [0.15, 0.2) is 83.8 Å². The molecule has 18 heteroatoms. The predicted octanol–water partition coefficient (Wildman–Crippen LogP) is 6.04. The van der Waals surface area contributed by atoms with Crippen molar-refractivity contribution in [3.8, 4) is 0 Å². The highest BCUT2D eigenvalue weighted by atomic mass is 19.4. The molecular formula is C49H59F3N8O7. The first kappa shape index (κ1) is 48.7. The molecule has 1 unspecified atom stereocenters. The molecule has 0 bridgehead atoms. The van der Waals surface area contributed by atoms with E-state index in [2.05, 4.69) is 27.1 Å². The molecule has 5 aromatic rings. The Morgan fingerprint density at radius 3 is 2.15 bits per heavy atom. The standard InChI is InChI=1S/C47H58N8O5.C2HF3O2/c1-32-26-33(27-36-30-55(50-42(32)36)31-60-45(58)47(2,3)37-11-6-5-7-12-37)28-41(44(57)53-24-22-52(23-25-53)38-16-18-51(4)19-17-38)49-46(59)54-20-14-34(15-21-54)39-29-35-10-8-9-13-40(35)48-43(39)56;3-2(4,5)1(6)7/h5-13,26-27,29-30,34,38,41H,14-25,28,31H2,1-4H3,(H,48,56)(H,49,59);(H,6,7). The van der Waals surface area contributed by atoms with Crippen LogP contribution in [0.3, 0.4) is 0 Å². The number of piperazine rings is 1. The molecule has 3 aliphatic heterocycles. The van der Waals surface area contributed by atoms with Gasteiger partial charge >= 0.3 is 24.1 Å². The first-order valence-corrected chi connectivity index (χ1v) is 22.8. The van der Waals surface area contributed by atoms with Crippen LogP contribution in [0.4, 0.5) is 18.0 Å². The summed E-state index contributed by atoms with van der Waals surface area (Å²) >= 11 is 0. The molecule has 5 heterocycles. The number of aromatic amines is 1. The number of hydrogen-bond donors (Lipinski definition) is 3. The van der Waals surface area contributed by atoms with E-state index >= 15 is 0 Å². The molecule has 3 fully saturated rings. The lowest BCUT2D eigenvalue weighted by molar-refractivity contribution is -0.192. The van der Waals surface area contributed by atoms with Gasteiger partial charge in [0.05, 0.1) is 10.9 Å². The van der Waals surface area contributed by atoms with Crippen molar-refractivity contribution in [2.24, 2.45) is 0 Å². The largest absolute Gasteiger partial charge is 0.490 e. The quantitative estimate of drug-likeness (QED) is 0.140. The van der Waals surface area contributed by atoms with Gasteiger partial charge < -0.3 is 34.8 Å². The maximum absolute atomic E-state index is 14.5. The molecule has 3 aliphatic rings. The number of piperidine rings is 2. The third kappa shape index (κ3) is 11.8. The maximum Gasteiger partial charge on any atom is 0.490 e. The van der Waals surface area contributed by atoms with Crippen LogP contribution in [-0.4, -0.2) is 141 Å². The fourth-order valence-electron chi connectivity index (χ4n) is 9.32. The highest BCUT2D eigenvalue weighted by Gasteiger charge is 2.38. The second-order valence-electron chi connectivity index (χ2n) is 18.4. The van der Waals surface area contributed by atoms with E-state index in [1.165, 1.54) is 0 Å². The topological polar surface area (TPSA) is 173 Å². The Morgan fingerprint density at radius 2 is 1.49 bits per heavy atom. The van der Waals surface area contributed by atoms with E-state index < -0.39 is 23.6 Å². The van der Waals surface area contributed by atoms with Gasteiger partial charge in [-0.1, -0.05) is 54.6 Å². The number of rotatable bonds is 10. The fraction of sp³-hybridized carbons (Fsp3) is 0.469. The number of carboxylic acid groups (broad SMARTS) is 1. The minimum Gasteiger partial charge on any atom is -0.475 e. The average Bonchev–Trinajstić information content (AvgIpc) is 3.74. The Kier molecular flexibility index (Phi) is 15.0. The monoisotopic (exact) mass is 928 g/mol. The number of alkyl halides is 3. The third-order valence-electron chi connectivity index (χ3n) is 13.4. The summed E-state index contributed by atoms with van der Waals surface area (Å²) in [6, 6.07) is 22.9. The number of aliphatic carboxylic acids is 1. The molecule has 2 aromatic heterocycles. The maximum atomic E-state index is 14.5. The van der Waals surface area contributed by atoms with Gasteiger partial charge in [0, 0.05) is 74.4 Å². The van der Waals surface area contributed by atoms with Crippen molar-refractivity contribution >= 4 is 45.7 Å². The number of esters is 1. The fourth-order valence-corrected chi connectivity index (χ4v) is 9.32. The number of para-hydroxylation sites is 1. The van der Waals surface area contributed by atoms with Crippen LogP contribution in [0, 0.1) is 6.92 Å². The van der Waals surface area contributed by atoms with Gasteiger partial charge in [-0.05, 0) is 113 Å². The second kappa shape index (κ2) is 20.7. The second-order valence-corrected chi connectivity index (χ2v) is 18.4. The van der Waals surface area contributed by atoms with E-state index in [1.54, 1.807) is 9.58 Å². The van der Waals surface area contributed by atoms with Crippen molar-refractivity contribution in [2.45, 2.75) is 89.2 Å². The van der Waals surface area contributed by atoms with Crippen molar-refractivity contribution in [1.29, 1.82) is 0 Å². The summed E-state index contributed by atoms with van der Waals surface area (Å²) in [5, 5.41) is 16.9. The van der Waals surface area contributed by atoms with Crippen molar-refractivity contribution in [1.82, 2.24) is 39.7 Å². The number of amides is 3. The van der Waals surface area contributed by atoms with E-state index in [0.29, 0.717) is 51.5 Å². The SMILES string of the molecule is Cc1cc(CC(NC(=O)N2CCC(c3cc4ccccc4[nH]c3=O)CC2)C(=O)N2CCN(C3CCN(C)CC3)CC2)cc2cn(COC(=O)C(C)(C)c3ccccc3)nc12.O=C(O)C(F)(F)F. The summed E-state index contributed by atoms with van der Waals surface area (Å²) < 4.78 is 39.1. The molecule has 0 radical (unpaired) electrons. The van der Waals surface area contributed by atoms with Gasteiger partial charge in [0.2, 0.25) is 5.91 Å². The first-order chi connectivity index (χ1) is 31.9. The number of aryl methyl sites for hydroxylation is 1. The van der Waals surface area contributed by atoms with Gasteiger partial charge in [0.1, 0.15) is 6.04 Å². The van der Waals surface area contributed by atoms with Gasteiger partial charge in [-0.3, -0.25) is 19.3 Å². The minimum atomic E-state index is -5.08. The summed E-state index contributed by atoms with van der Waals surface area (Å²) in [5.41, 5.74) is 4.14. The van der Waals surface area contributed by atoms with E-state index in [1.807, 2.05) is 105 Å². The van der Waals surface area contributed by atoms with Gasteiger partial charge in [-0.25, -0.2) is 14.3 Å². The number of carboxylic acids is 1. The molecule has 3 aromatic carbocycles. The Bertz CT molecular complexity index is 2610. The number of nitrogens with one attached hydrogen (secondary N) is 2. The number of H-pyrrole nitrogens is 1. The summed E-state index contributed by atoms with van der Waals surface area (Å²) in [5.74, 6) is -3.14. The van der Waals surface area contributed by atoms with Crippen molar-refractivity contribution in [2.75, 3.05) is 59.4 Å². The van der Waals surface area contributed by atoms with E-state index in [0.717, 1.165) is 83.1 Å². The lowest BCUT2D eigenvalue weighted by Crippen LogP contribution is -2.59. The number of pyridine rings is 1. The number of halogens is 3. The van der Waals surface area contributed by atoms with Gasteiger partial charge in [0.15, 0.2) is 6.73 Å². The molecule has 0 spiro atoms. The van der Waals surface area contributed by atoms with Crippen LogP contribution >= 0.6 is 0 Å². The highest BCUT2D eigenvalue weighted by Crippen LogP contribution is 2.29. The number of urea groups is 1. The summed E-state index contributed by atoms with van der Waals surface area (Å²) in [6.45, 7) is 11.7. The number of nitrogens with zero attached hydrogens (tertiary/aromatic N) is 6. The first-order valence-electron chi connectivity index (χ1n) is 22.8. The number of ether oxygens (including phenoxy) is 1. The van der Waals surface area contributed by atoms with Crippen molar-refractivity contribution in [3.05, 3.63) is 112 Å². The predicted molar refractivity (Wildman–Crippen MR) is 247 cm³/mol. The zero-order valence-electron chi connectivity index (χ0n) is 38.4. The van der Waals surface area contributed by atoms with E-state index in [9.17, 15) is 32.3 Å². The van der Waals surface area contributed by atoms with Crippen molar-refractivity contribution in [3.63, 3.8) is 0 Å². The van der Waals surface area contributed by atoms with Crippen LogP contribution in [0.25, 0.3) is 21.8 Å². The van der Waals surface area contributed by atoms with Crippen LogP contribution in [0.1, 0.15) is 67.7 Å². The van der Waals surface area contributed by atoms with Crippen LogP contribution in [-0.2, 0) is 37.7 Å². The summed E-state index contributed by atoms with van der Waals surface area (Å²) in [7, 11) is 2.17. The Hall–Kier alpha value is -6.27. The zero-order chi connectivity index (χ0) is 48.0. The highest BCUT2D eigenvalue weighted by molar-refractivity contribution is 5.88. The number of aromatic nitrogens is 3. The molecule has 8 rings (SSSR count). The molecular weight excluding hydrogens is 870 g/mol. The van der Waals surface area contributed by atoms with Gasteiger partial charge in [-0.2, -0.15) is 18.3 Å². The third-order valence-corrected chi connectivity index (χ3v) is 13.4. The van der Waals surface area contributed by atoms with Crippen LogP contribution < -0.4 is 10.9 Å². The zero-order valence-corrected chi connectivity index (χ0v) is 38.4. The number of benzene rings is 3. The van der Waals surface area contributed by atoms with Gasteiger partial charge in [-0.15, -0.1) is 0 Å². The Morgan fingerprint density at radius 1 is 0.851 bits per heavy atom. The number of fused-ring (bicyclic) bond motifs is 2.